The van der Waals surface area contributed by atoms with Crippen molar-refractivity contribution in [2.45, 2.75) is 45.6 Å². The van der Waals surface area contributed by atoms with Gasteiger partial charge in [-0.1, -0.05) is 19.1 Å². The number of carbonyl (C=O) groups excluding carboxylic acids is 1. The molecule has 1 aromatic carbocycles. The highest BCUT2D eigenvalue weighted by atomic mass is 16.5. The molecule has 0 radical (unpaired) electrons. The van der Waals surface area contributed by atoms with E-state index in [2.05, 4.69) is 22.4 Å². The number of fused-ring (bicyclic) bond motifs is 1. The zero-order valence-electron chi connectivity index (χ0n) is 13.6. The fraction of sp³-hybridized carbons (Fsp3) is 0.368. The molecule has 0 aliphatic heterocycles. The van der Waals surface area contributed by atoms with E-state index in [4.69, 9.17) is 4.74 Å². The molecule has 0 spiro atoms. The van der Waals surface area contributed by atoms with E-state index in [-0.39, 0.29) is 5.91 Å². The minimum Gasteiger partial charge on any atom is -0.481 e. The topological polar surface area (TPSA) is 51.2 Å². The van der Waals surface area contributed by atoms with Crippen LogP contribution in [0.4, 0.5) is 5.82 Å². The molecule has 1 atom stereocenters. The van der Waals surface area contributed by atoms with Gasteiger partial charge in [-0.15, -0.1) is 0 Å². The van der Waals surface area contributed by atoms with Crippen molar-refractivity contribution in [3.63, 3.8) is 0 Å². The van der Waals surface area contributed by atoms with Gasteiger partial charge in [0.15, 0.2) is 6.10 Å². The molecule has 2 aromatic rings. The first-order chi connectivity index (χ1) is 11.2. The minimum absolute atomic E-state index is 0.163. The SMILES string of the molecule is CC[C@@H](Oc1ccc2c(c1)CCC2)C(=O)Nc1ccc(C)cn1. The van der Waals surface area contributed by atoms with Crippen molar-refractivity contribution in [2.24, 2.45) is 0 Å². The third-order valence-electron chi connectivity index (χ3n) is 4.17. The summed E-state index contributed by atoms with van der Waals surface area (Å²) < 4.78 is 5.91. The number of hydrogen-bond acceptors (Lipinski definition) is 3. The zero-order valence-corrected chi connectivity index (χ0v) is 13.6. The zero-order chi connectivity index (χ0) is 16.2. The van der Waals surface area contributed by atoms with Gasteiger partial charge in [0.2, 0.25) is 0 Å². The molecule has 1 amide bonds. The van der Waals surface area contributed by atoms with Crippen LogP contribution in [0.15, 0.2) is 36.5 Å². The molecule has 4 nitrogen and oxygen atoms in total. The minimum atomic E-state index is -0.516. The molecular weight excluding hydrogens is 288 g/mol. The summed E-state index contributed by atoms with van der Waals surface area (Å²) in [5.41, 5.74) is 3.81. The number of pyridine rings is 1. The second-order valence-electron chi connectivity index (χ2n) is 6.01. The molecule has 1 aromatic heterocycles. The number of benzene rings is 1. The number of hydrogen-bond donors (Lipinski definition) is 1. The van der Waals surface area contributed by atoms with E-state index in [9.17, 15) is 4.79 Å². The Labute approximate surface area is 136 Å². The van der Waals surface area contributed by atoms with Gasteiger partial charge in [0.25, 0.3) is 5.91 Å². The maximum Gasteiger partial charge on any atom is 0.266 e. The van der Waals surface area contributed by atoms with Crippen molar-refractivity contribution >= 4 is 11.7 Å². The molecule has 0 bridgehead atoms. The Balaban J connectivity index is 1.67. The summed E-state index contributed by atoms with van der Waals surface area (Å²) in [6.07, 6.45) is 5.27. The summed E-state index contributed by atoms with van der Waals surface area (Å²) in [7, 11) is 0. The molecule has 4 heteroatoms. The normalized spacial score (nSPS) is 14.2. The van der Waals surface area contributed by atoms with Crippen LogP contribution in [0.5, 0.6) is 5.75 Å². The summed E-state index contributed by atoms with van der Waals surface area (Å²) in [6.45, 7) is 3.91. The van der Waals surface area contributed by atoms with Gasteiger partial charge < -0.3 is 10.1 Å². The van der Waals surface area contributed by atoms with Crippen molar-refractivity contribution in [1.29, 1.82) is 0 Å². The molecule has 0 unspecified atom stereocenters. The highest BCUT2D eigenvalue weighted by Gasteiger charge is 2.20. The van der Waals surface area contributed by atoms with Crippen molar-refractivity contribution in [1.82, 2.24) is 4.98 Å². The third kappa shape index (κ3) is 3.70. The molecule has 0 saturated carbocycles. The average molecular weight is 310 g/mol. The van der Waals surface area contributed by atoms with Crippen LogP contribution < -0.4 is 10.1 Å². The average Bonchev–Trinajstić information content (AvgIpc) is 3.02. The van der Waals surface area contributed by atoms with Crippen LogP contribution in [0.1, 0.15) is 36.5 Å². The summed E-state index contributed by atoms with van der Waals surface area (Å²) in [4.78, 5) is 16.6. The van der Waals surface area contributed by atoms with Crippen molar-refractivity contribution in [3.05, 3.63) is 53.2 Å². The second-order valence-corrected chi connectivity index (χ2v) is 6.01. The molecular formula is C19H22N2O2. The van der Waals surface area contributed by atoms with Gasteiger partial charge in [-0.3, -0.25) is 4.79 Å². The Kier molecular flexibility index (Phi) is 4.60. The fourth-order valence-corrected chi connectivity index (χ4v) is 2.86. The van der Waals surface area contributed by atoms with Gasteiger partial charge >= 0.3 is 0 Å². The number of aromatic nitrogens is 1. The van der Waals surface area contributed by atoms with Gasteiger partial charge in [-0.25, -0.2) is 4.98 Å². The van der Waals surface area contributed by atoms with Gasteiger partial charge in [-0.05, 0) is 67.5 Å². The lowest BCUT2D eigenvalue weighted by Gasteiger charge is -2.17. The molecule has 23 heavy (non-hydrogen) atoms. The predicted molar refractivity (Wildman–Crippen MR) is 90.8 cm³/mol. The van der Waals surface area contributed by atoms with Crippen LogP contribution in [0.3, 0.4) is 0 Å². The maximum absolute atomic E-state index is 12.4. The number of anilines is 1. The monoisotopic (exact) mass is 310 g/mol. The standard InChI is InChI=1S/C19H22N2O2/c1-3-17(19(22)21-18-10-7-13(2)12-20-18)23-16-9-8-14-5-4-6-15(14)11-16/h7-12,17H,3-6H2,1-2H3,(H,20,21,22)/t17-/m1/s1. The van der Waals surface area contributed by atoms with E-state index in [1.54, 1.807) is 12.3 Å². The van der Waals surface area contributed by atoms with Gasteiger partial charge in [0.05, 0.1) is 0 Å². The van der Waals surface area contributed by atoms with E-state index in [1.165, 1.54) is 17.5 Å². The Hall–Kier alpha value is -2.36. The predicted octanol–water partition coefficient (Wildman–Crippen LogP) is 3.67. The van der Waals surface area contributed by atoms with E-state index in [0.717, 1.165) is 24.2 Å². The molecule has 1 N–H and O–H groups in total. The Morgan fingerprint density at radius 3 is 2.83 bits per heavy atom. The molecule has 1 aliphatic rings. The Morgan fingerprint density at radius 1 is 1.26 bits per heavy atom. The first kappa shape index (κ1) is 15.5. The number of amides is 1. The number of rotatable bonds is 5. The molecule has 0 fully saturated rings. The van der Waals surface area contributed by atoms with Crippen LogP contribution in [-0.4, -0.2) is 17.0 Å². The van der Waals surface area contributed by atoms with Crippen LogP contribution in [0, 0.1) is 6.92 Å². The van der Waals surface area contributed by atoms with Gasteiger partial charge in [0, 0.05) is 6.20 Å². The number of nitrogens with zero attached hydrogens (tertiary/aromatic N) is 1. The van der Waals surface area contributed by atoms with E-state index in [0.29, 0.717) is 12.2 Å². The molecule has 3 rings (SSSR count). The summed E-state index contributed by atoms with van der Waals surface area (Å²) in [5.74, 6) is 1.16. The number of carbonyl (C=O) groups is 1. The highest BCUT2D eigenvalue weighted by Crippen LogP contribution is 2.27. The van der Waals surface area contributed by atoms with Gasteiger partial charge in [0.1, 0.15) is 11.6 Å². The number of aryl methyl sites for hydroxylation is 3. The van der Waals surface area contributed by atoms with Crippen LogP contribution >= 0.6 is 0 Å². The number of nitrogens with one attached hydrogen (secondary N) is 1. The third-order valence-corrected chi connectivity index (χ3v) is 4.17. The smallest absolute Gasteiger partial charge is 0.266 e. The van der Waals surface area contributed by atoms with E-state index in [1.807, 2.05) is 26.0 Å². The second kappa shape index (κ2) is 6.82. The largest absolute Gasteiger partial charge is 0.481 e. The highest BCUT2D eigenvalue weighted by molar-refractivity contribution is 5.93. The number of ether oxygens (including phenoxy) is 1. The molecule has 1 aliphatic carbocycles. The summed E-state index contributed by atoms with van der Waals surface area (Å²) in [5, 5.41) is 2.82. The molecule has 1 heterocycles. The lowest BCUT2D eigenvalue weighted by Crippen LogP contribution is -2.32. The summed E-state index contributed by atoms with van der Waals surface area (Å²) in [6, 6.07) is 9.87. The van der Waals surface area contributed by atoms with Crippen molar-refractivity contribution in [2.75, 3.05) is 5.32 Å². The fourth-order valence-electron chi connectivity index (χ4n) is 2.86. The van der Waals surface area contributed by atoms with Crippen LogP contribution in [0.25, 0.3) is 0 Å². The van der Waals surface area contributed by atoms with Crippen molar-refractivity contribution < 1.29 is 9.53 Å². The maximum atomic E-state index is 12.4. The Morgan fingerprint density at radius 2 is 2.09 bits per heavy atom. The lowest BCUT2D eigenvalue weighted by atomic mass is 10.1. The molecule has 0 saturated heterocycles. The van der Waals surface area contributed by atoms with Crippen LogP contribution in [0.2, 0.25) is 0 Å². The quantitative estimate of drug-likeness (QED) is 0.916. The summed E-state index contributed by atoms with van der Waals surface area (Å²) >= 11 is 0. The first-order valence-electron chi connectivity index (χ1n) is 8.17. The van der Waals surface area contributed by atoms with Crippen molar-refractivity contribution in [3.8, 4) is 5.75 Å². The Bertz CT molecular complexity index is 695. The van der Waals surface area contributed by atoms with Gasteiger partial charge in [-0.2, -0.15) is 0 Å². The van der Waals surface area contributed by atoms with E-state index < -0.39 is 6.10 Å². The lowest BCUT2D eigenvalue weighted by molar-refractivity contribution is -0.122. The first-order valence-corrected chi connectivity index (χ1v) is 8.17. The van der Waals surface area contributed by atoms with E-state index >= 15 is 0 Å². The van der Waals surface area contributed by atoms with Crippen LogP contribution in [-0.2, 0) is 17.6 Å². The molecule has 120 valence electrons.